The maximum atomic E-state index is 14.2. The second-order valence-electron chi connectivity index (χ2n) is 7.41. The van der Waals surface area contributed by atoms with Gasteiger partial charge in [-0.3, -0.25) is 14.5 Å². The van der Waals surface area contributed by atoms with Gasteiger partial charge in [-0.15, -0.1) is 0 Å². The quantitative estimate of drug-likeness (QED) is 0.633. The van der Waals surface area contributed by atoms with Crippen LogP contribution in [0.15, 0.2) is 42.5 Å². The van der Waals surface area contributed by atoms with Crippen molar-refractivity contribution in [2.24, 2.45) is 5.73 Å². The highest BCUT2D eigenvalue weighted by atomic mass is 35.5. The zero-order valence-electron chi connectivity index (χ0n) is 16.9. The summed E-state index contributed by atoms with van der Waals surface area (Å²) in [5, 5.41) is 1.09. The summed E-state index contributed by atoms with van der Waals surface area (Å²) in [6.45, 7) is 1.76. The van der Waals surface area contributed by atoms with Crippen LogP contribution in [0.3, 0.4) is 0 Å². The van der Waals surface area contributed by atoms with Crippen molar-refractivity contribution in [3.63, 3.8) is 0 Å². The van der Waals surface area contributed by atoms with Gasteiger partial charge in [-0.25, -0.2) is 4.39 Å². The molecule has 0 radical (unpaired) electrons. The number of primary amides is 1. The maximum absolute atomic E-state index is 14.2. The first-order chi connectivity index (χ1) is 14.9. The van der Waals surface area contributed by atoms with Crippen molar-refractivity contribution >= 4 is 34.3 Å². The van der Waals surface area contributed by atoms with Gasteiger partial charge in [0.2, 0.25) is 5.91 Å². The third-order valence-electron chi connectivity index (χ3n) is 5.58. The van der Waals surface area contributed by atoms with Gasteiger partial charge in [-0.05, 0) is 35.9 Å². The van der Waals surface area contributed by atoms with E-state index >= 15 is 0 Å². The molecular weight excluding hydrogens is 423 g/mol. The van der Waals surface area contributed by atoms with Crippen LogP contribution in [0.2, 0.25) is 5.02 Å². The number of nitrogens with two attached hydrogens (primary N) is 1. The third-order valence-corrected chi connectivity index (χ3v) is 5.83. The van der Waals surface area contributed by atoms with Gasteiger partial charge in [-0.1, -0.05) is 23.7 Å². The number of rotatable bonds is 5. The molecule has 2 heterocycles. The number of carbonyl (C=O) groups is 2. The molecule has 0 spiro atoms. The van der Waals surface area contributed by atoms with Crippen LogP contribution in [-0.4, -0.2) is 59.9 Å². The van der Waals surface area contributed by atoms with Crippen LogP contribution in [-0.2, 0) is 4.79 Å². The third kappa shape index (κ3) is 4.08. The lowest BCUT2D eigenvalue weighted by Gasteiger charge is -2.38. The van der Waals surface area contributed by atoms with Crippen LogP contribution in [0, 0.1) is 5.82 Å². The number of H-pyrrole nitrogens is 1. The molecule has 1 aliphatic heterocycles. The zero-order chi connectivity index (χ0) is 22.1. The van der Waals surface area contributed by atoms with Gasteiger partial charge in [0.25, 0.3) is 5.91 Å². The van der Waals surface area contributed by atoms with Crippen LogP contribution in [0.1, 0.15) is 22.1 Å². The second kappa shape index (κ2) is 8.56. The Morgan fingerprint density at radius 3 is 2.42 bits per heavy atom. The van der Waals surface area contributed by atoms with Gasteiger partial charge in [-0.2, -0.15) is 0 Å². The number of benzene rings is 2. The second-order valence-corrected chi connectivity index (χ2v) is 7.84. The number of hydrogen-bond acceptors (Lipinski definition) is 4. The molecule has 1 saturated heterocycles. The van der Waals surface area contributed by atoms with Crippen LogP contribution in [0.4, 0.5) is 4.39 Å². The molecule has 3 aromatic rings. The average Bonchev–Trinajstić information content (AvgIpc) is 3.22. The number of hydrogen-bond donors (Lipinski definition) is 2. The number of piperazine rings is 1. The van der Waals surface area contributed by atoms with Crippen molar-refractivity contribution in [1.29, 1.82) is 0 Å². The molecule has 1 atom stereocenters. The van der Waals surface area contributed by atoms with E-state index in [4.69, 9.17) is 22.1 Å². The predicted molar refractivity (Wildman–Crippen MR) is 116 cm³/mol. The molecule has 0 saturated carbocycles. The lowest BCUT2D eigenvalue weighted by molar-refractivity contribution is -0.124. The van der Waals surface area contributed by atoms with E-state index in [0.29, 0.717) is 42.3 Å². The van der Waals surface area contributed by atoms with Crippen LogP contribution < -0.4 is 10.5 Å². The van der Waals surface area contributed by atoms with Crippen molar-refractivity contribution in [3.05, 3.63) is 64.6 Å². The fourth-order valence-electron chi connectivity index (χ4n) is 4.01. The Morgan fingerprint density at radius 1 is 1.13 bits per heavy atom. The number of nitrogens with zero attached hydrogens (tertiary/aromatic N) is 2. The smallest absolute Gasteiger partial charge is 0.270 e. The monoisotopic (exact) mass is 444 g/mol. The highest BCUT2D eigenvalue weighted by molar-refractivity contribution is 6.30. The normalized spacial score (nSPS) is 15.8. The van der Waals surface area contributed by atoms with Gasteiger partial charge in [0.1, 0.15) is 23.3 Å². The lowest BCUT2D eigenvalue weighted by Crippen LogP contribution is -2.51. The molecule has 162 valence electrons. The van der Waals surface area contributed by atoms with Crippen LogP contribution in [0.5, 0.6) is 5.75 Å². The molecule has 1 unspecified atom stereocenters. The van der Waals surface area contributed by atoms with Crippen LogP contribution >= 0.6 is 11.6 Å². The number of aromatic amines is 1. The summed E-state index contributed by atoms with van der Waals surface area (Å²) in [4.78, 5) is 31.6. The summed E-state index contributed by atoms with van der Waals surface area (Å²) >= 11 is 5.94. The molecule has 31 heavy (non-hydrogen) atoms. The Kier molecular flexibility index (Phi) is 5.84. The minimum atomic E-state index is -0.596. The molecular formula is C22H22ClFN4O3. The van der Waals surface area contributed by atoms with E-state index in [1.165, 1.54) is 19.2 Å². The summed E-state index contributed by atoms with van der Waals surface area (Å²) in [6.07, 6.45) is 0. The van der Waals surface area contributed by atoms with E-state index in [2.05, 4.69) is 4.98 Å². The number of aromatic nitrogens is 1. The standard InChI is InChI=1S/C22H22ClFN4O3/c1-31-18-7-6-16(24)19-15(18)12-17(26-19)22(30)28-10-8-27(9-11-28)20(21(25)29)13-2-4-14(23)5-3-13/h2-7,12,20,26H,8-11H2,1H3,(H2,25,29). The molecule has 0 bridgehead atoms. The molecule has 1 fully saturated rings. The molecule has 0 aliphatic carbocycles. The summed E-state index contributed by atoms with van der Waals surface area (Å²) in [6, 6.07) is 10.8. The molecule has 2 aromatic carbocycles. The molecule has 1 aromatic heterocycles. The number of fused-ring (bicyclic) bond motifs is 1. The van der Waals surface area contributed by atoms with E-state index in [1.54, 1.807) is 35.2 Å². The summed E-state index contributed by atoms with van der Waals surface area (Å²) < 4.78 is 19.4. The fourth-order valence-corrected chi connectivity index (χ4v) is 4.13. The highest BCUT2D eigenvalue weighted by Gasteiger charge is 2.31. The first-order valence-electron chi connectivity index (χ1n) is 9.82. The van der Waals surface area contributed by atoms with E-state index in [0.717, 1.165) is 5.56 Å². The van der Waals surface area contributed by atoms with Crippen molar-refractivity contribution in [3.8, 4) is 5.75 Å². The predicted octanol–water partition coefficient (Wildman–Crippen LogP) is 2.95. The fraction of sp³-hybridized carbons (Fsp3) is 0.273. The Labute approximate surface area is 183 Å². The topological polar surface area (TPSA) is 91.7 Å². The van der Waals surface area contributed by atoms with E-state index in [1.807, 2.05) is 4.90 Å². The minimum Gasteiger partial charge on any atom is -0.496 e. The first kappa shape index (κ1) is 21.1. The summed E-state index contributed by atoms with van der Waals surface area (Å²) in [5.74, 6) is -0.657. The molecule has 2 amide bonds. The number of methoxy groups -OCH3 is 1. The number of halogens is 2. The Bertz CT molecular complexity index is 1120. The van der Waals surface area contributed by atoms with Crippen LogP contribution in [0.25, 0.3) is 10.9 Å². The minimum absolute atomic E-state index is 0.234. The van der Waals surface area contributed by atoms with Gasteiger partial charge >= 0.3 is 0 Å². The van der Waals surface area contributed by atoms with E-state index in [-0.39, 0.29) is 17.1 Å². The van der Waals surface area contributed by atoms with Gasteiger partial charge in [0, 0.05) is 36.6 Å². The number of ether oxygens (including phenoxy) is 1. The number of carbonyl (C=O) groups excluding carboxylic acids is 2. The van der Waals surface area contributed by atoms with Crippen molar-refractivity contribution in [2.45, 2.75) is 6.04 Å². The Hall–Kier alpha value is -3.10. The maximum Gasteiger partial charge on any atom is 0.270 e. The van der Waals surface area contributed by atoms with Gasteiger partial charge in [0.15, 0.2) is 0 Å². The molecule has 1 aliphatic rings. The molecule has 7 nitrogen and oxygen atoms in total. The van der Waals surface area contributed by atoms with Crippen molar-refractivity contribution < 1.29 is 18.7 Å². The Morgan fingerprint density at radius 2 is 1.81 bits per heavy atom. The van der Waals surface area contributed by atoms with Gasteiger partial charge < -0.3 is 20.4 Å². The lowest BCUT2D eigenvalue weighted by atomic mass is 10.0. The first-order valence-corrected chi connectivity index (χ1v) is 10.2. The molecule has 4 rings (SSSR count). The molecule has 3 N–H and O–H groups in total. The summed E-state index contributed by atoms with van der Waals surface area (Å²) in [7, 11) is 1.50. The molecule has 9 heteroatoms. The highest BCUT2D eigenvalue weighted by Crippen LogP contribution is 2.29. The largest absolute Gasteiger partial charge is 0.496 e. The van der Waals surface area contributed by atoms with Crippen molar-refractivity contribution in [2.75, 3.05) is 33.3 Å². The number of nitrogens with one attached hydrogen (secondary N) is 1. The van der Waals surface area contributed by atoms with Gasteiger partial charge in [0.05, 0.1) is 12.6 Å². The Balaban J connectivity index is 1.50. The number of amides is 2. The zero-order valence-corrected chi connectivity index (χ0v) is 17.7. The average molecular weight is 445 g/mol. The van der Waals surface area contributed by atoms with E-state index < -0.39 is 17.8 Å². The van der Waals surface area contributed by atoms with E-state index in [9.17, 15) is 14.0 Å². The summed E-state index contributed by atoms with van der Waals surface area (Å²) in [5.41, 5.74) is 6.94. The van der Waals surface area contributed by atoms with Crippen molar-refractivity contribution in [1.82, 2.24) is 14.8 Å². The SMILES string of the molecule is COc1ccc(F)c2[nH]c(C(=O)N3CCN(C(C(N)=O)c4ccc(Cl)cc4)CC3)cc12.